The van der Waals surface area contributed by atoms with E-state index < -0.39 is 45.9 Å². The van der Waals surface area contributed by atoms with Gasteiger partial charge in [0.15, 0.2) is 5.82 Å². The number of nitrogens with zero attached hydrogens (tertiary/aromatic N) is 5. The van der Waals surface area contributed by atoms with E-state index in [9.17, 15) is 22.4 Å². The smallest absolute Gasteiger partial charge is 0.417 e. The maximum Gasteiger partial charge on any atom is 0.417 e. The van der Waals surface area contributed by atoms with Crippen molar-refractivity contribution in [1.29, 1.82) is 0 Å². The molecule has 2 aliphatic heterocycles. The third kappa shape index (κ3) is 3.89. The summed E-state index contributed by atoms with van der Waals surface area (Å²) in [4.78, 5) is 27.5. The zero-order valence-corrected chi connectivity index (χ0v) is 20.6. The Morgan fingerprint density at radius 3 is 2.55 bits per heavy atom. The van der Waals surface area contributed by atoms with Crippen molar-refractivity contribution in [2.45, 2.75) is 38.5 Å². The Balaban J connectivity index is 1.80. The molecule has 3 aromatic rings. The molecule has 2 atom stereocenters. The first kappa shape index (κ1) is 25.7. The number of rotatable bonds is 4. The van der Waals surface area contributed by atoms with E-state index >= 15 is 4.39 Å². The zero-order chi connectivity index (χ0) is 27.5. The second kappa shape index (κ2) is 9.10. The summed E-state index contributed by atoms with van der Waals surface area (Å²) in [6.07, 6.45) is -3.69. The molecule has 1 fully saturated rings. The molecule has 14 heteroatoms. The van der Waals surface area contributed by atoms with Crippen LogP contribution >= 0.6 is 0 Å². The number of likely N-dealkylation sites (tertiary alicyclic amines) is 1. The SMILES string of the molecule is COc1nc2c3c(nc(-c4cc(N)c(F)c(C)c4C(F)(F)F)c(F)c3n1)OCCN2C1CCN(C=O)C1C. The summed E-state index contributed by atoms with van der Waals surface area (Å²) >= 11 is 0. The van der Waals surface area contributed by atoms with Gasteiger partial charge < -0.3 is 25.0 Å². The lowest BCUT2D eigenvalue weighted by molar-refractivity contribution is -0.137. The van der Waals surface area contributed by atoms with Gasteiger partial charge in [-0.3, -0.25) is 4.79 Å². The molecule has 0 spiro atoms. The number of hydrogen-bond donors (Lipinski definition) is 1. The fraction of sp³-hybridized carbons (Fsp3) is 0.417. The Hall–Kier alpha value is -3.97. The number of benzene rings is 1. The van der Waals surface area contributed by atoms with Crippen LogP contribution in [0, 0.1) is 18.6 Å². The van der Waals surface area contributed by atoms with Crippen molar-refractivity contribution >= 4 is 28.8 Å². The first-order valence-corrected chi connectivity index (χ1v) is 11.7. The molecule has 1 aromatic carbocycles. The molecule has 202 valence electrons. The maximum atomic E-state index is 16.1. The Kier molecular flexibility index (Phi) is 6.15. The van der Waals surface area contributed by atoms with E-state index in [1.807, 2.05) is 11.8 Å². The highest BCUT2D eigenvalue weighted by Crippen LogP contribution is 2.45. The van der Waals surface area contributed by atoms with Crippen LogP contribution in [0.3, 0.4) is 0 Å². The van der Waals surface area contributed by atoms with E-state index in [2.05, 4.69) is 15.0 Å². The Bertz CT molecular complexity index is 1450. The van der Waals surface area contributed by atoms with E-state index in [4.69, 9.17) is 15.2 Å². The van der Waals surface area contributed by atoms with Crippen molar-refractivity contribution in [2.24, 2.45) is 0 Å². The molecular weight excluding hydrogens is 515 g/mol. The zero-order valence-electron chi connectivity index (χ0n) is 20.6. The van der Waals surface area contributed by atoms with Crippen molar-refractivity contribution in [3.05, 3.63) is 28.8 Å². The predicted molar refractivity (Wildman–Crippen MR) is 127 cm³/mol. The molecule has 0 aliphatic carbocycles. The molecular formula is C24H23F5N6O3. The van der Waals surface area contributed by atoms with Gasteiger partial charge in [-0.1, -0.05) is 0 Å². The summed E-state index contributed by atoms with van der Waals surface area (Å²) in [6.45, 7) is 3.58. The summed E-state index contributed by atoms with van der Waals surface area (Å²) < 4.78 is 83.6. The Morgan fingerprint density at radius 1 is 1.18 bits per heavy atom. The van der Waals surface area contributed by atoms with Gasteiger partial charge in [-0.15, -0.1) is 0 Å². The van der Waals surface area contributed by atoms with Gasteiger partial charge in [0, 0.05) is 18.2 Å². The summed E-state index contributed by atoms with van der Waals surface area (Å²) in [6, 6.07) is 0.0505. The quantitative estimate of drug-likeness (QED) is 0.305. The summed E-state index contributed by atoms with van der Waals surface area (Å²) in [7, 11) is 1.27. The van der Waals surface area contributed by atoms with Gasteiger partial charge in [0.2, 0.25) is 12.3 Å². The number of carbonyl (C=O) groups excluding carboxylic acids is 1. The largest absolute Gasteiger partial charge is 0.475 e. The summed E-state index contributed by atoms with van der Waals surface area (Å²) in [5.41, 5.74) is 0.945. The van der Waals surface area contributed by atoms with Crippen molar-refractivity contribution in [3.8, 4) is 23.1 Å². The molecule has 2 aromatic heterocycles. The van der Waals surface area contributed by atoms with E-state index in [0.717, 1.165) is 13.3 Å². The summed E-state index contributed by atoms with van der Waals surface area (Å²) in [5.74, 6) is -2.44. The molecule has 0 saturated carbocycles. The van der Waals surface area contributed by atoms with Gasteiger partial charge in [-0.2, -0.15) is 23.1 Å². The number of methoxy groups -OCH3 is 1. The minimum Gasteiger partial charge on any atom is -0.475 e. The first-order valence-electron chi connectivity index (χ1n) is 11.7. The average molecular weight is 538 g/mol. The number of aromatic nitrogens is 3. The lowest BCUT2D eigenvalue weighted by Crippen LogP contribution is -2.45. The second-order valence-electron chi connectivity index (χ2n) is 9.14. The number of carbonyl (C=O) groups is 1. The van der Waals surface area contributed by atoms with Crippen LogP contribution in [0.2, 0.25) is 0 Å². The number of alkyl halides is 3. The van der Waals surface area contributed by atoms with Crippen molar-refractivity contribution in [2.75, 3.05) is 37.4 Å². The lowest BCUT2D eigenvalue weighted by Gasteiger charge is -2.32. The van der Waals surface area contributed by atoms with Crippen molar-refractivity contribution in [1.82, 2.24) is 19.9 Å². The van der Waals surface area contributed by atoms with E-state index in [1.54, 1.807) is 4.90 Å². The van der Waals surface area contributed by atoms with Crippen molar-refractivity contribution in [3.63, 3.8) is 0 Å². The van der Waals surface area contributed by atoms with Crippen LogP contribution in [-0.4, -0.2) is 65.2 Å². The molecule has 9 nitrogen and oxygen atoms in total. The number of pyridine rings is 1. The number of nitrogen functional groups attached to an aromatic ring is 1. The van der Waals surface area contributed by atoms with Crippen LogP contribution in [0.25, 0.3) is 22.2 Å². The predicted octanol–water partition coefficient (Wildman–Crippen LogP) is 3.71. The van der Waals surface area contributed by atoms with Gasteiger partial charge in [-0.25, -0.2) is 13.8 Å². The lowest BCUT2D eigenvalue weighted by atomic mass is 9.96. The minimum atomic E-state index is -5.04. The van der Waals surface area contributed by atoms with Crippen molar-refractivity contribution < 1.29 is 36.2 Å². The average Bonchev–Trinajstić information content (AvgIpc) is 3.14. The molecule has 1 amide bonds. The topological polar surface area (TPSA) is 107 Å². The van der Waals surface area contributed by atoms with Crippen LogP contribution in [-0.2, 0) is 11.0 Å². The highest BCUT2D eigenvalue weighted by molar-refractivity contribution is 5.97. The molecule has 0 bridgehead atoms. The fourth-order valence-corrected chi connectivity index (χ4v) is 5.24. The molecule has 0 radical (unpaired) electrons. The number of nitrogens with two attached hydrogens (primary N) is 1. The van der Waals surface area contributed by atoms with Gasteiger partial charge in [-0.05, 0) is 31.9 Å². The molecule has 4 heterocycles. The number of ether oxygens (including phenoxy) is 2. The van der Waals surface area contributed by atoms with Crippen LogP contribution in [0.15, 0.2) is 6.07 Å². The molecule has 5 rings (SSSR count). The number of anilines is 2. The highest BCUT2D eigenvalue weighted by Gasteiger charge is 2.41. The van der Waals surface area contributed by atoms with Gasteiger partial charge in [0.1, 0.15) is 34.8 Å². The Morgan fingerprint density at radius 2 is 1.92 bits per heavy atom. The molecule has 2 aliphatic rings. The van der Waals surface area contributed by atoms with E-state index in [0.29, 0.717) is 19.0 Å². The fourth-order valence-electron chi connectivity index (χ4n) is 5.24. The van der Waals surface area contributed by atoms with Gasteiger partial charge >= 0.3 is 12.2 Å². The molecule has 38 heavy (non-hydrogen) atoms. The molecule has 2 N–H and O–H groups in total. The monoisotopic (exact) mass is 538 g/mol. The first-order chi connectivity index (χ1) is 18.0. The highest BCUT2D eigenvalue weighted by atomic mass is 19.4. The van der Waals surface area contributed by atoms with Crippen LogP contribution < -0.4 is 20.1 Å². The third-order valence-corrected chi connectivity index (χ3v) is 7.10. The van der Waals surface area contributed by atoms with Crippen LogP contribution in [0.1, 0.15) is 24.5 Å². The standard InChI is InChI=1S/C24H23F5N6O3/c1-10-16(24(27,28)29)12(8-13(30)17(10)25)19-18(26)20-15-21(33-23(32-20)37-3)35(6-7-38-22(15)31-19)14-4-5-34(9-36)11(14)2/h8-9,11,14H,4-7,30H2,1-3H3. The number of hydrogen-bond acceptors (Lipinski definition) is 8. The van der Waals surface area contributed by atoms with Gasteiger partial charge in [0.25, 0.3) is 0 Å². The van der Waals surface area contributed by atoms with E-state index in [-0.39, 0.29) is 53.8 Å². The second-order valence-corrected chi connectivity index (χ2v) is 9.14. The normalized spacial score (nSPS) is 19.5. The summed E-state index contributed by atoms with van der Waals surface area (Å²) in [5, 5.41) is 0.0432. The molecule has 1 saturated heterocycles. The van der Waals surface area contributed by atoms with Gasteiger partial charge in [0.05, 0.1) is 30.9 Å². The van der Waals surface area contributed by atoms with Crippen LogP contribution in [0.5, 0.6) is 11.9 Å². The number of halogens is 5. The van der Waals surface area contributed by atoms with E-state index in [1.165, 1.54) is 7.11 Å². The maximum absolute atomic E-state index is 16.1. The third-order valence-electron chi connectivity index (χ3n) is 7.10. The molecule has 2 unspecified atom stereocenters. The number of amides is 1. The van der Waals surface area contributed by atoms with Crippen LogP contribution in [0.4, 0.5) is 33.5 Å². The minimum absolute atomic E-state index is 0.0346. The Labute approximate surface area is 213 Å².